The van der Waals surface area contributed by atoms with Crippen molar-refractivity contribution in [3.8, 4) is 0 Å². The van der Waals surface area contributed by atoms with Crippen LogP contribution in [0, 0.1) is 13.8 Å². The molecule has 7 aromatic heterocycles. The lowest BCUT2D eigenvalue weighted by molar-refractivity contribution is -0.142. The molecule has 1 amide bonds. The number of hydrogen-bond donors (Lipinski definition) is 6. The van der Waals surface area contributed by atoms with E-state index >= 15 is 0 Å². The van der Waals surface area contributed by atoms with Gasteiger partial charge in [-0.1, -0.05) is 144 Å². The van der Waals surface area contributed by atoms with Gasteiger partial charge in [0.05, 0.1) is 52.9 Å². The number of thiophene rings is 2. The number of aryl methyl sites for hydroxylation is 2. The molecule has 17 rings (SSSR count). The molecule has 0 saturated carbocycles. The first-order chi connectivity index (χ1) is 56.4. The highest BCUT2D eigenvalue weighted by atomic mass is 35.5. The van der Waals surface area contributed by atoms with Crippen molar-refractivity contribution in [2.75, 3.05) is 36.1 Å². The number of anilines is 3. The fourth-order valence-corrected chi connectivity index (χ4v) is 16.2. The Bertz CT molecular complexity index is 5950. The summed E-state index contributed by atoms with van der Waals surface area (Å²) < 4.78 is 123. The van der Waals surface area contributed by atoms with E-state index in [1.807, 2.05) is 54.8 Å². The van der Waals surface area contributed by atoms with Crippen LogP contribution in [0.25, 0.3) is 22.1 Å². The third kappa shape index (κ3) is 21.1. The Morgan fingerprint density at radius 2 is 0.951 bits per heavy atom. The van der Waals surface area contributed by atoms with Crippen molar-refractivity contribution in [2.24, 2.45) is 4.99 Å². The number of carbonyl (C=O) groups is 3. The first kappa shape index (κ1) is 95.1. The number of carbonyl (C=O) groups excluding carboxylic acids is 3. The average molecular weight is 1850 g/mol. The second kappa shape index (κ2) is 39.6. The number of hydrogen-bond acceptors (Lipinski definition) is 20. The number of aliphatic carboxylic acids is 1. The lowest BCUT2D eigenvalue weighted by Crippen LogP contribution is -2.38. The van der Waals surface area contributed by atoms with Crippen LogP contribution >= 0.6 is 92.3 Å². The van der Waals surface area contributed by atoms with Gasteiger partial charge in [-0.15, -0.1) is 32.9 Å². The van der Waals surface area contributed by atoms with E-state index in [1.165, 1.54) is 79.3 Å². The molecule has 5 aliphatic rings. The van der Waals surface area contributed by atoms with E-state index in [2.05, 4.69) is 79.7 Å². The minimum Gasteiger partial charge on any atom is -0.478 e. The average Bonchev–Trinajstić information content (AvgIpc) is 1.54. The smallest absolute Gasteiger partial charge is 0.435 e. The molecule has 0 bridgehead atoms. The summed E-state index contributed by atoms with van der Waals surface area (Å²) >= 11 is 39.8. The van der Waals surface area contributed by atoms with E-state index in [0.717, 1.165) is 66.1 Å². The number of aliphatic imine (C=N–C) groups is 1. The van der Waals surface area contributed by atoms with Crippen LogP contribution < -0.4 is 26.1 Å². The second-order valence-corrected chi connectivity index (χ2v) is 31.5. The van der Waals surface area contributed by atoms with Crippen LogP contribution in [0.2, 0.25) is 30.1 Å². The van der Waals surface area contributed by atoms with Crippen LogP contribution in [-0.2, 0) is 37.7 Å². The molecule has 5 aromatic carbocycles. The summed E-state index contributed by atoms with van der Waals surface area (Å²) in [7, 11) is 1.38. The molecule has 25 nitrogen and oxygen atoms in total. The van der Waals surface area contributed by atoms with E-state index < -0.39 is 65.7 Å². The number of allylic oxidation sites excluding steroid dienone is 3. The lowest BCUT2D eigenvalue weighted by atomic mass is 9.94. The number of isocyanates is 1. The number of rotatable bonds is 9. The zero-order valence-electron chi connectivity index (χ0n) is 62.7. The first-order valence-corrected chi connectivity index (χ1v) is 39.6. The van der Waals surface area contributed by atoms with Gasteiger partial charge >= 0.3 is 30.5 Å². The first-order valence-electron chi connectivity index (χ1n) is 35.6. The Balaban J connectivity index is 0.000000181. The second-order valence-electron chi connectivity index (χ2n) is 27.1. The molecule has 12 heterocycles. The van der Waals surface area contributed by atoms with Gasteiger partial charge in [0.15, 0.2) is 17.1 Å². The predicted molar refractivity (Wildman–Crippen MR) is 452 cm³/mol. The molecular weight excluding hydrogens is 1770 g/mol. The number of carboxylic acid groups (broad SMARTS) is 1. The molecule has 646 valence electrons. The van der Waals surface area contributed by atoms with E-state index in [4.69, 9.17) is 84.4 Å². The maximum Gasteiger partial charge on any atom is 0.435 e. The van der Waals surface area contributed by atoms with Gasteiger partial charge < -0.3 is 41.3 Å². The van der Waals surface area contributed by atoms with Crippen molar-refractivity contribution in [3.63, 3.8) is 0 Å². The fourth-order valence-electron chi connectivity index (χ4n) is 13.6. The number of aromatic nitrogens is 12. The van der Waals surface area contributed by atoms with Gasteiger partial charge in [0.2, 0.25) is 6.08 Å². The number of likely N-dealkylation sites (tertiary alicyclic amines) is 1. The van der Waals surface area contributed by atoms with Gasteiger partial charge in [-0.05, 0) is 189 Å². The summed E-state index contributed by atoms with van der Waals surface area (Å²) in [5.41, 5.74) is 3.46. The molecule has 2 saturated heterocycles. The number of carboxylic acids is 1. The summed E-state index contributed by atoms with van der Waals surface area (Å²) in [6, 6.07) is 32.9. The molecule has 0 radical (unpaired) electrons. The maximum absolute atomic E-state index is 14.0. The number of nitrogens with zero attached hydrogens (tertiary/aromatic N) is 14. The number of alkyl halides is 9. The van der Waals surface area contributed by atoms with Crippen molar-refractivity contribution in [3.05, 3.63) is 263 Å². The Labute approximate surface area is 729 Å². The van der Waals surface area contributed by atoms with Crippen LogP contribution in [0.4, 0.5) is 57.0 Å². The summed E-state index contributed by atoms with van der Waals surface area (Å²) in [6.45, 7) is 10.3. The zero-order chi connectivity index (χ0) is 85.9. The number of amides is 1. The monoisotopic (exact) mass is 1850 g/mol. The highest BCUT2D eigenvalue weighted by Gasteiger charge is 2.45. The molecule has 122 heavy (non-hydrogen) atoms. The minimum absolute atomic E-state index is 0. The number of fused-ring (bicyclic) bond motifs is 5. The van der Waals surface area contributed by atoms with Gasteiger partial charge in [0.25, 0.3) is 5.91 Å². The SMILES string of the molecule is C.C.C.CC1=C(C(=O)N2CCCC2c2cccs2)C(c2ccc(Cl)c(Cl)c2)n2nc(C(F)(F)F)cc2N1.CC1=C(C(=O)O)C(c2ccc(Cl)c(Cl)c2)n2nc(C(F)(F)F)cc2N1.CC1=C(C(=O)On2nnc3cc(C)ccc32)C(c2ccc(Cl)c(Cl)c2)n2nc(C(F)(F)F)cc2N1.CN=C=O.Cc1ccc2c(c1)nnn2O.c1csc(C2CCCN2)c1. The molecule has 0 aliphatic carbocycles. The Kier molecular flexibility index (Phi) is 30.8. The van der Waals surface area contributed by atoms with Gasteiger partial charge in [-0.3, -0.25) is 4.79 Å². The minimum atomic E-state index is -4.69. The van der Waals surface area contributed by atoms with E-state index in [1.54, 1.807) is 78.6 Å². The van der Waals surface area contributed by atoms with E-state index in [0.29, 0.717) is 67.6 Å². The third-order valence-corrected chi connectivity index (χ3v) is 23.2. The number of halogens is 15. The highest BCUT2D eigenvalue weighted by molar-refractivity contribution is 7.10. The number of benzene rings is 5. The van der Waals surface area contributed by atoms with Crippen LogP contribution in [0.1, 0.15) is 154 Å². The quantitative estimate of drug-likeness (QED) is 0.0257. The summed E-state index contributed by atoms with van der Waals surface area (Å²) in [5.74, 6) is -2.17. The van der Waals surface area contributed by atoms with Crippen LogP contribution in [0.15, 0.2) is 183 Å². The van der Waals surface area contributed by atoms with Crippen LogP contribution in [0.5, 0.6) is 0 Å². The Hall–Kier alpha value is -10.8. The summed E-state index contributed by atoms with van der Waals surface area (Å²) in [4.78, 5) is 62.5. The van der Waals surface area contributed by atoms with Gasteiger partial charge in [-0.2, -0.15) is 54.8 Å². The van der Waals surface area contributed by atoms with E-state index in [9.17, 15) is 59.0 Å². The van der Waals surface area contributed by atoms with Crippen molar-refractivity contribution in [1.82, 2.24) is 69.9 Å². The lowest BCUT2D eigenvalue weighted by Gasteiger charge is -2.33. The molecule has 5 aliphatic heterocycles. The fraction of sp³-hybridized carbons (Fsp3) is 0.287. The molecule has 0 spiro atoms. The molecule has 42 heteroatoms. The maximum atomic E-state index is 14.0. The highest BCUT2D eigenvalue weighted by Crippen LogP contribution is 2.47. The Morgan fingerprint density at radius 3 is 1.37 bits per heavy atom. The van der Waals surface area contributed by atoms with Crippen LogP contribution in [-0.4, -0.2) is 119 Å². The van der Waals surface area contributed by atoms with Crippen molar-refractivity contribution >= 4 is 156 Å². The molecule has 5 atom stereocenters. The largest absolute Gasteiger partial charge is 0.478 e. The molecule has 2 fully saturated rings. The van der Waals surface area contributed by atoms with Crippen molar-refractivity contribution < 1.29 is 73.8 Å². The normalized spacial score (nSPS) is 17.0. The third-order valence-electron chi connectivity index (χ3n) is 19.0. The predicted octanol–water partition coefficient (Wildman–Crippen LogP) is 21.7. The topological polar surface area (TPSA) is 297 Å². The van der Waals surface area contributed by atoms with Crippen molar-refractivity contribution in [2.45, 2.75) is 131 Å². The van der Waals surface area contributed by atoms with Gasteiger partial charge in [0, 0.05) is 64.7 Å². The van der Waals surface area contributed by atoms with Crippen LogP contribution in [0.3, 0.4) is 0 Å². The zero-order valence-corrected chi connectivity index (χ0v) is 68.8. The van der Waals surface area contributed by atoms with Gasteiger partial charge in [0.1, 0.15) is 57.6 Å². The van der Waals surface area contributed by atoms with Gasteiger partial charge in [-0.25, -0.2) is 33.4 Å². The molecule has 12 aromatic rings. The number of nitrogens with one attached hydrogen (secondary N) is 4. The molecule has 6 N–H and O–H groups in total. The molecule has 5 unspecified atom stereocenters. The molecular formula is C80H77Cl6F9N18O7S2. The standard InChI is InChI=1S/C23H19Cl2F3N4OS.C22H15Cl2F3N6O2.C15H10Cl2F3N3O2.C8H11NS.C7H7N3O.C2H3NO.3CH4/c1-12-20(22(33)31-8-2-4-16(31)17-5-3-9-34-17)21(13-6-7-14(24)15(25)10-13)32-19(29-12)11-18(30-32)23(26,27)28;1-10-3-6-16-15(7-10)29-31-33(16)35-21(34)19-11(2)28-18-9-17(22(25,26)27)30-32(18)20(19)12-4-5-13(23)14(24)8-12;1-6-12(14(24)25)13(7-2-3-8(16)9(17)4-7)23-11(21-6)5-10(22-23)15(18,19)20;1-3-7(9-5-1)8-4-2-6-10-8;1-5-2-3-7-6(4-5)8-9-10(7)11;1-3-2-4;;;/h3,5-7,9-11,16,21,29H,2,4,8H2,1H3;3-9,20,28H,1-2H3;2-5,13,21H,1H3,(H,24,25);2,4,6-7,9H,1,3,5H2;2-4,11H,1H3;1H3;3*1H4. The summed E-state index contributed by atoms with van der Waals surface area (Å²) in [6.07, 6.45) is -8.36. The Morgan fingerprint density at radius 1 is 0.533 bits per heavy atom. The van der Waals surface area contributed by atoms with E-state index in [-0.39, 0.29) is 99.3 Å². The van der Waals surface area contributed by atoms with Crippen molar-refractivity contribution in [1.29, 1.82) is 0 Å². The summed E-state index contributed by atoms with van der Waals surface area (Å²) in [5, 5.41) is 62.1.